The highest BCUT2D eigenvalue weighted by Crippen LogP contribution is 2.24. The summed E-state index contributed by atoms with van der Waals surface area (Å²) in [6.07, 6.45) is 5.83. The largest absolute Gasteiger partial charge is 0.463 e. The van der Waals surface area contributed by atoms with Crippen molar-refractivity contribution < 1.29 is 17.6 Å². The lowest BCUT2D eigenvalue weighted by Gasteiger charge is -2.25. The van der Waals surface area contributed by atoms with Crippen LogP contribution in [0.4, 0.5) is 10.3 Å². The number of nitrogens with one attached hydrogen (secondary N) is 1. The number of amides is 1. The molecule has 11 heteroatoms. The lowest BCUT2D eigenvalue weighted by atomic mass is 10.2. The zero-order valence-electron chi connectivity index (χ0n) is 15.9. The Balaban J connectivity index is 1.40. The van der Waals surface area contributed by atoms with Gasteiger partial charge in [0, 0.05) is 18.7 Å². The topological polar surface area (TPSA) is 118 Å². The summed E-state index contributed by atoms with van der Waals surface area (Å²) in [5, 5.41) is 11.1. The number of aromatic nitrogens is 2. The summed E-state index contributed by atoms with van der Waals surface area (Å²) in [6, 6.07) is 9.39. The van der Waals surface area contributed by atoms with Crippen LogP contribution in [0.15, 0.2) is 57.0 Å². The summed E-state index contributed by atoms with van der Waals surface area (Å²) in [5.74, 6) is 0.171. The van der Waals surface area contributed by atoms with Gasteiger partial charge in [0.15, 0.2) is 0 Å². The van der Waals surface area contributed by atoms with E-state index in [0.29, 0.717) is 29.5 Å². The summed E-state index contributed by atoms with van der Waals surface area (Å²) in [4.78, 5) is 16.8. The van der Waals surface area contributed by atoms with Crippen molar-refractivity contribution in [3.63, 3.8) is 0 Å². The predicted molar refractivity (Wildman–Crippen MR) is 113 cm³/mol. The van der Waals surface area contributed by atoms with Gasteiger partial charge in [-0.2, -0.15) is 4.31 Å². The molecular formula is C19H19N5O4S2. The van der Waals surface area contributed by atoms with E-state index in [2.05, 4.69) is 20.5 Å². The van der Waals surface area contributed by atoms with Crippen LogP contribution in [0.25, 0.3) is 0 Å². The van der Waals surface area contributed by atoms with Crippen molar-refractivity contribution in [3.05, 3.63) is 54.0 Å². The Kier molecular flexibility index (Phi) is 6.02. The van der Waals surface area contributed by atoms with Gasteiger partial charge in [0.25, 0.3) is 5.91 Å². The van der Waals surface area contributed by atoms with Crippen molar-refractivity contribution in [2.45, 2.75) is 24.2 Å². The third-order valence-electron chi connectivity index (χ3n) is 4.55. The zero-order chi connectivity index (χ0) is 21.0. The van der Waals surface area contributed by atoms with E-state index < -0.39 is 15.9 Å². The minimum Gasteiger partial charge on any atom is -0.463 e. The van der Waals surface area contributed by atoms with Gasteiger partial charge in [-0.3, -0.25) is 10.1 Å². The molecule has 1 saturated heterocycles. The Bertz CT molecular complexity index is 1130. The molecule has 0 aliphatic carbocycles. The average molecular weight is 446 g/mol. The number of hydrogen-bond donors (Lipinski definition) is 1. The first-order chi connectivity index (χ1) is 14.5. The number of carbonyl (C=O) groups is 1. The fourth-order valence-electron chi connectivity index (χ4n) is 3.00. The summed E-state index contributed by atoms with van der Waals surface area (Å²) >= 11 is 1.11. The Labute approximate surface area is 177 Å². The Morgan fingerprint density at radius 1 is 1.13 bits per heavy atom. The van der Waals surface area contributed by atoms with Crippen molar-refractivity contribution in [3.8, 4) is 0 Å². The molecule has 2 aromatic heterocycles. The fraction of sp³-hybridized carbons (Fsp3) is 0.263. The van der Waals surface area contributed by atoms with Crippen LogP contribution >= 0.6 is 11.3 Å². The first-order valence-corrected chi connectivity index (χ1v) is 11.6. The van der Waals surface area contributed by atoms with Gasteiger partial charge in [-0.1, -0.05) is 17.8 Å². The molecule has 3 heterocycles. The maximum atomic E-state index is 12.7. The molecule has 0 saturated carbocycles. The third-order valence-corrected chi connectivity index (χ3v) is 7.21. The molecule has 0 unspecified atom stereocenters. The molecule has 0 bridgehead atoms. The number of sulfonamides is 1. The molecule has 1 aliphatic rings. The van der Waals surface area contributed by atoms with Crippen LogP contribution in [-0.2, 0) is 10.0 Å². The molecule has 9 nitrogen and oxygen atoms in total. The minimum atomic E-state index is -3.53. The van der Waals surface area contributed by atoms with Gasteiger partial charge in [0.2, 0.25) is 20.3 Å². The fourth-order valence-corrected chi connectivity index (χ4v) is 5.11. The molecule has 0 atom stereocenters. The Morgan fingerprint density at radius 3 is 2.60 bits per heavy atom. The van der Waals surface area contributed by atoms with Crippen LogP contribution in [-0.4, -0.2) is 48.1 Å². The molecule has 1 amide bonds. The van der Waals surface area contributed by atoms with Crippen LogP contribution in [0.1, 0.15) is 35.4 Å². The summed E-state index contributed by atoms with van der Waals surface area (Å²) in [6.45, 7) is 1.07. The van der Waals surface area contributed by atoms with E-state index in [9.17, 15) is 13.2 Å². The first kappa shape index (κ1) is 20.4. The van der Waals surface area contributed by atoms with E-state index in [1.165, 1.54) is 41.0 Å². The van der Waals surface area contributed by atoms with Crippen molar-refractivity contribution in [2.24, 2.45) is 4.99 Å². The maximum Gasteiger partial charge on any atom is 0.257 e. The van der Waals surface area contributed by atoms with Gasteiger partial charge in [-0.25, -0.2) is 13.4 Å². The van der Waals surface area contributed by atoms with Crippen LogP contribution in [0.3, 0.4) is 0 Å². The number of hydrogen-bond acceptors (Lipinski definition) is 8. The van der Waals surface area contributed by atoms with E-state index in [-0.39, 0.29) is 10.0 Å². The lowest BCUT2D eigenvalue weighted by molar-refractivity contribution is 0.102. The second-order valence-corrected chi connectivity index (χ2v) is 9.50. The monoisotopic (exact) mass is 445 g/mol. The number of aliphatic imine (C=N–C) groups is 1. The minimum absolute atomic E-state index is 0.186. The van der Waals surface area contributed by atoms with E-state index in [1.807, 2.05) is 0 Å². The number of carbonyl (C=O) groups excluding carboxylic acids is 1. The first-order valence-electron chi connectivity index (χ1n) is 9.35. The van der Waals surface area contributed by atoms with Crippen molar-refractivity contribution in [1.29, 1.82) is 0 Å². The van der Waals surface area contributed by atoms with Crippen LogP contribution in [0, 0.1) is 0 Å². The molecule has 0 spiro atoms. The zero-order valence-corrected chi connectivity index (χ0v) is 17.5. The normalized spacial score (nSPS) is 15.5. The number of rotatable bonds is 6. The number of anilines is 1. The molecule has 0 radical (unpaired) electrons. The van der Waals surface area contributed by atoms with Gasteiger partial charge in [0.1, 0.15) is 5.76 Å². The maximum absolute atomic E-state index is 12.7. The summed E-state index contributed by atoms with van der Waals surface area (Å²) < 4.78 is 32.0. The SMILES string of the molecule is O=C(Nc1nnc(N=Cc2ccco2)s1)c1ccc(S(=O)(=O)N2CCCCC2)cc1. The molecule has 4 rings (SSSR count). The van der Waals surface area contributed by atoms with Gasteiger partial charge < -0.3 is 4.42 Å². The molecule has 1 N–H and O–H groups in total. The quantitative estimate of drug-likeness (QED) is 0.582. The standard InChI is InChI=1S/C19H19N5O4S2/c25-17(21-19-23-22-18(29-19)20-13-15-5-4-12-28-15)14-6-8-16(9-7-14)30(26,27)24-10-2-1-3-11-24/h4-9,12-13H,1-3,10-11H2,(H,21,23,25). The molecule has 3 aromatic rings. The Hall–Kier alpha value is -2.89. The van der Waals surface area contributed by atoms with E-state index in [0.717, 1.165) is 30.6 Å². The van der Waals surface area contributed by atoms with Crippen molar-refractivity contribution in [1.82, 2.24) is 14.5 Å². The van der Waals surface area contributed by atoms with E-state index >= 15 is 0 Å². The molecular weight excluding hydrogens is 426 g/mol. The molecule has 1 fully saturated rings. The smallest absolute Gasteiger partial charge is 0.257 e. The van der Waals surface area contributed by atoms with Crippen LogP contribution in [0.5, 0.6) is 0 Å². The van der Waals surface area contributed by atoms with Crippen LogP contribution in [0.2, 0.25) is 0 Å². The van der Waals surface area contributed by atoms with Crippen LogP contribution < -0.4 is 5.32 Å². The van der Waals surface area contributed by atoms with Gasteiger partial charge in [-0.15, -0.1) is 10.2 Å². The molecule has 156 valence electrons. The van der Waals surface area contributed by atoms with Crippen molar-refractivity contribution in [2.75, 3.05) is 18.4 Å². The summed E-state index contributed by atoms with van der Waals surface area (Å²) in [7, 11) is -3.53. The number of piperidine rings is 1. The highest BCUT2D eigenvalue weighted by atomic mass is 32.2. The predicted octanol–water partition coefficient (Wildman–Crippen LogP) is 3.31. The average Bonchev–Trinajstić information content (AvgIpc) is 3.45. The number of nitrogens with zero attached hydrogens (tertiary/aromatic N) is 4. The van der Waals surface area contributed by atoms with E-state index in [4.69, 9.17) is 4.42 Å². The summed E-state index contributed by atoms with van der Waals surface area (Å²) in [5.41, 5.74) is 0.323. The molecule has 1 aromatic carbocycles. The Morgan fingerprint density at radius 2 is 1.90 bits per heavy atom. The number of furan rings is 1. The lowest BCUT2D eigenvalue weighted by Crippen LogP contribution is -2.35. The van der Waals surface area contributed by atoms with Gasteiger partial charge in [0.05, 0.1) is 17.4 Å². The highest BCUT2D eigenvalue weighted by molar-refractivity contribution is 7.89. The van der Waals surface area contributed by atoms with Gasteiger partial charge in [-0.05, 0) is 49.2 Å². The number of benzene rings is 1. The second kappa shape index (κ2) is 8.86. The van der Waals surface area contributed by atoms with Crippen molar-refractivity contribution >= 4 is 43.7 Å². The highest BCUT2D eigenvalue weighted by Gasteiger charge is 2.26. The van der Waals surface area contributed by atoms with E-state index in [1.54, 1.807) is 12.1 Å². The van der Waals surface area contributed by atoms with Gasteiger partial charge >= 0.3 is 0 Å². The molecule has 1 aliphatic heterocycles. The third kappa shape index (κ3) is 4.64. The second-order valence-electron chi connectivity index (χ2n) is 6.61. The molecule has 30 heavy (non-hydrogen) atoms.